The van der Waals surface area contributed by atoms with Crippen molar-refractivity contribution in [2.75, 3.05) is 32.4 Å². The summed E-state index contributed by atoms with van der Waals surface area (Å²) in [7, 11) is 0. The van der Waals surface area contributed by atoms with Gasteiger partial charge in [0.15, 0.2) is 0 Å². The Kier molecular flexibility index (Phi) is 6.02. The first-order valence-electron chi connectivity index (χ1n) is 6.15. The lowest BCUT2D eigenvalue weighted by Crippen LogP contribution is -2.49. The number of nitrogens with one attached hydrogen (secondary N) is 1. The summed E-state index contributed by atoms with van der Waals surface area (Å²) in [5.74, 6) is 0.799. The average molecular weight is 230 g/mol. The summed E-state index contributed by atoms with van der Waals surface area (Å²) in [6.45, 7) is 11.8. The van der Waals surface area contributed by atoms with E-state index in [0.717, 1.165) is 23.8 Å². The predicted molar refractivity (Wildman–Crippen MR) is 70.7 cm³/mol. The largest absolute Gasteiger partial charge is 0.313 e. The van der Waals surface area contributed by atoms with Crippen molar-refractivity contribution in [2.24, 2.45) is 5.92 Å². The fourth-order valence-corrected chi connectivity index (χ4v) is 2.49. The van der Waals surface area contributed by atoms with Gasteiger partial charge in [0.1, 0.15) is 0 Å². The number of nitrogens with zero attached hydrogens (tertiary/aromatic N) is 1. The van der Waals surface area contributed by atoms with Crippen LogP contribution >= 0.6 is 11.8 Å². The fourth-order valence-electron chi connectivity index (χ4n) is 2.22. The Hall–Kier alpha value is 0.270. The van der Waals surface area contributed by atoms with Gasteiger partial charge in [-0.25, -0.2) is 0 Å². The lowest BCUT2D eigenvalue weighted by atomic mass is 9.94. The summed E-state index contributed by atoms with van der Waals surface area (Å²) < 4.78 is 0. The average Bonchev–Trinajstić information content (AvgIpc) is 2.26. The van der Waals surface area contributed by atoms with Crippen LogP contribution in [0.25, 0.3) is 0 Å². The van der Waals surface area contributed by atoms with Crippen LogP contribution in [0.5, 0.6) is 0 Å². The van der Waals surface area contributed by atoms with E-state index in [9.17, 15) is 0 Å². The van der Waals surface area contributed by atoms with Gasteiger partial charge in [-0.15, -0.1) is 0 Å². The van der Waals surface area contributed by atoms with Gasteiger partial charge in [0.05, 0.1) is 0 Å². The summed E-state index contributed by atoms with van der Waals surface area (Å²) in [6.07, 6.45) is 3.51. The molecule has 0 bridgehead atoms. The second-order valence-electron chi connectivity index (χ2n) is 4.72. The van der Waals surface area contributed by atoms with Crippen molar-refractivity contribution >= 4 is 11.8 Å². The van der Waals surface area contributed by atoms with Crippen LogP contribution in [-0.4, -0.2) is 48.6 Å². The summed E-state index contributed by atoms with van der Waals surface area (Å²) in [4.78, 5) is 2.56. The van der Waals surface area contributed by atoms with Crippen molar-refractivity contribution in [3.8, 4) is 0 Å². The summed E-state index contributed by atoms with van der Waals surface area (Å²) >= 11 is 1.95. The molecule has 15 heavy (non-hydrogen) atoms. The van der Waals surface area contributed by atoms with Gasteiger partial charge in [0.2, 0.25) is 0 Å². The first kappa shape index (κ1) is 13.3. The number of rotatable bonds is 5. The molecule has 3 heteroatoms. The van der Waals surface area contributed by atoms with Crippen LogP contribution in [0.15, 0.2) is 0 Å². The van der Waals surface area contributed by atoms with Crippen molar-refractivity contribution in [3.05, 3.63) is 0 Å². The molecule has 0 spiro atoms. The third-order valence-electron chi connectivity index (χ3n) is 3.51. The lowest BCUT2D eigenvalue weighted by molar-refractivity contribution is 0.154. The molecule has 0 aromatic carbocycles. The van der Waals surface area contributed by atoms with E-state index >= 15 is 0 Å². The molecular weight excluding hydrogens is 204 g/mol. The SMILES string of the molecule is CCN1CC[C@@H](NC[C@@H](C)SC)[C@@H](C)C1. The van der Waals surface area contributed by atoms with E-state index in [4.69, 9.17) is 0 Å². The Morgan fingerprint density at radius 3 is 2.80 bits per heavy atom. The second-order valence-corrected chi connectivity index (χ2v) is 6.00. The van der Waals surface area contributed by atoms with E-state index in [0.29, 0.717) is 0 Å². The van der Waals surface area contributed by atoms with Crippen molar-refractivity contribution in [1.29, 1.82) is 0 Å². The highest BCUT2D eigenvalue weighted by molar-refractivity contribution is 7.99. The third-order valence-corrected chi connectivity index (χ3v) is 4.48. The third kappa shape index (κ3) is 4.33. The van der Waals surface area contributed by atoms with E-state index in [1.54, 1.807) is 0 Å². The van der Waals surface area contributed by atoms with Crippen LogP contribution < -0.4 is 5.32 Å². The Labute approximate surface area is 99.2 Å². The van der Waals surface area contributed by atoms with Crippen LogP contribution in [-0.2, 0) is 0 Å². The first-order chi connectivity index (χ1) is 7.17. The molecule has 1 N–H and O–H groups in total. The van der Waals surface area contributed by atoms with Gasteiger partial charge < -0.3 is 10.2 Å². The maximum Gasteiger partial charge on any atom is 0.0141 e. The topological polar surface area (TPSA) is 15.3 Å². The molecule has 0 aliphatic carbocycles. The molecule has 2 nitrogen and oxygen atoms in total. The van der Waals surface area contributed by atoms with E-state index in [1.165, 1.54) is 26.1 Å². The minimum atomic E-state index is 0.737. The van der Waals surface area contributed by atoms with Crippen LogP contribution in [0.2, 0.25) is 0 Å². The van der Waals surface area contributed by atoms with Gasteiger partial charge in [-0.1, -0.05) is 20.8 Å². The molecule has 0 unspecified atom stereocenters. The monoisotopic (exact) mass is 230 g/mol. The minimum absolute atomic E-state index is 0.737. The van der Waals surface area contributed by atoms with Gasteiger partial charge in [-0.3, -0.25) is 0 Å². The number of hydrogen-bond acceptors (Lipinski definition) is 3. The first-order valence-corrected chi connectivity index (χ1v) is 7.44. The predicted octanol–water partition coefficient (Wildman–Crippen LogP) is 2.06. The van der Waals surface area contributed by atoms with Gasteiger partial charge in [0, 0.05) is 24.4 Å². The molecule has 0 aromatic heterocycles. The Bertz CT molecular complexity index is 175. The van der Waals surface area contributed by atoms with E-state index in [-0.39, 0.29) is 0 Å². The van der Waals surface area contributed by atoms with Crippen molar-refractivity contribution in [1.82, 2.24) is 10.2 Å². The molecule has 1 fully saturated rings. The standard InChI is InChI=1S/C12H26N2S/c1-5-14-7-6-12(10(2)9-14)13-8-11(3)15-4/h10-13H,5-9H2,1-4H3/t10-,11+,12+/m0/s1. The van der Waals surface area contributed by atoms with E-state index in [2.05, 4.69) is 37.2 Å². The summed E-state index contributed by atoms with van der Waals surface area (Å²) in [5.41, 5.74) is 0. The molecule has 1 aliphatic rings. The second kappa shape index (κ2) is 6.77. The normalized spacial score (nSPS) is 30.4. The molecule has 1 rings (SSSR count). The molecule has 90 valence electrons. The molecular formula is C12H26N2S. The maximum atomic E-state index is 3.72. The number of likely N-dealkylation sites (tertiary alicyclic amines) is 1. The molecule has 1 saturated heterocycles. The zero-order chi connectivity index (χ0) is 11.3. The molecule has 0 amide bonds. The Morgan fingerprint density at radius 2 is 2.27 bits per heavy atom. The highest BCUT2D eigenvalue weighted by Crippen LogP contribution is 2.17. The highest BCUT2D eigenvalue weighted by atomic mass is 32.2. The van der Waals surface area contributed by atoms with E-state index in [1.807, 2.05) is 11.8 Å². The van der Waals surface area contributed by atoms with Crippen LogP contribution in [0.1, 0.15) is 27.2 Å². The van der Waals surface area contributed by atoms with Gasteiger partial charge in [0.25, 0.3) is 0 Å². The van der Waals surface area contributed by atoms with Crippen molar-refractivity contribution in [2.45, 2.75) is 38.5 Å². The minimum Gasteiger partial charge on any atom is -0.313 e. The molecule has 1 heterocycles. The van der Waals surface area contributed by atoms with Crippen LogP contribution in [0, 0.1) is 5.92 Å². The molecule has 0 saturated carbocycles. The maximum absolute atomic E-state index is 3.72. The van der Waals surface area contributed by atoms with E-state index < -0.39 is 0 Å². The summed E-state index contributed by atoms with van der Waals surface area (Å²) in [5, 5.41) is 4.46. The van der Waals surface area contributed by atoms with Gasteiger partial charge in [-0.2, -0.15) is 11.8 Å². The highest BCUT2D eigenvalue weighted by Gasteiger charge is 2.24. The summed E-state index contributed by atoms with van der Waals surface area (Å²) in [6, 6.07) is 0.738. The number of hydrogen-bond donors (Lipinski definition) is 1. The zero-order valence-electron chi connectivity index (χ0n) is 10.6. The van der Waals surface area contributed by atoms with Crippen molar-refractivity contribution in [3.63, 3.8) is 0 Å². The number of thioether (sulfide) groups is 1. The molecule has 0 radical (unpaired) electrons. The number of piperidine rings is 1. The van der Waals surface area contributed by atoms with Crippen LogP contribution in [0.4, 0.5) is 0 Å². The van der Waals surface area contributed by atoms with Crippen molar-refractivity contribution < 1.29 is 0 Å². The smallest absolute Gasteiger partial charge is 0.0141 e. The molecule has 1 aliphatic heterocycles. The quantitative estimate of drug-likeness (QED) is 0.778. The molecule has 3 atom stereocenters. The Balaban J connectivity index is 2.25. The fraction of sp³-hybridized carbons (Fsp3) is 1.00. The van der Waals surface area contributed by atoms with Gasteiger partial charge in [-0.05, 0) is 31.7 Å². The lowest BCUT2D eigenvalue weighted by Gasteiger charge is -2.37. The van der Waals surface area contributed by atoms with Crippen LogP contribution in [0.3, 0.4) is 0 Å². The van der Waals surface area contributed by atoms with Gasteiger partial charge >= 0.3 is 0 Å². The molecule has 0 aromatic rings. The zero-order valence-corrected chi connectivity index (χ0v) is 11.4. The Morgan fingerprint density at radius 1 is 1.53 bits per heavy atom.